The van der Waals surface area contributed by atoms with E-state index in [1.807, 2.05) is 13.8 Å². The van der Waals surface area contributed by atoms with Crippen molar-refractivity contribution < 1.29 is 19.9 Å². The fourth-order valence-electron chi connectivity index (χ4n) is 0.300. The minimum absolute atomic E-state index is 0. The molecule has 0 rings (SSSR count). The molecule has 6 heteroatoms. The summed E-state index contributed by atoms with van der Waals surface area (Å²) in [6.07, 6.45) is -0.400. The second-order valence-corrected chi connectivity index (χ2v) is 2.71. The van der Waals surface area contributed by atoms with E-state index in [9.17, 15) is 0 Å². The average Bonchev–Trinajstić information content (AvgIpc) is 2.04. The Kier molecular flexibility index (Phi) is 13.8. The van der Waals surface area contributed by atoms with Gasteiger partial charge in [0.15, 0.2) is 0 Å². The van der Waals surface area contributed by atoms with Crippen LogP contribution < -0.4 is 0 Å². The predicted octanol–water partition coefficient (Wildman–Crippen LogP) is 0.382. The fraction of sp³-hybridized carbons (Fsp3) is 1.00. The molecule has 4 nitrogen and oxygen atoms in total. The van der Waals surface area contributed by atoms with E-state index in [2.05, 4.69) is 0 Å². The number of methoxy groups -OCH3 is 2. The third-order valence-corrected chi connectivity index (χ3v) is 2.15. The van der Waals surface area contributed by atoms with E-state index in [4.69, 9.17) is 17.1 Å². The molecule has 71 valence electrons. The molecule has 0 heterocycles. The summed E-state index contributed by atoms with van der Waals surface area (Å²) in [7, 11) is 3.17. The van der Waals surface area contributed by atoms with Crippen LogP contribution in [0.1, 0.15) is 16.7 Å². The summed E-state index contributed by atoms with van der Waals surface area (Å²) in [6, 6.07) is 0. The van der Waals surface area contributed by atoms with Gasteiger partial charge in [0.1, 0.15) is 12.6 Å². The Morgan fingerprint density at radius 2 is 1.33 bits per heavy atom. The Labute approximate surface area is 106 Å². The second kappa shape index (κ2) is 10.5. The Balaban J connectivity index is -0.000000167. The van der Waals surface area contributed by atoms with Crippen LogP contribution >= 0.6 is 0 Å². The van der Waals surface area contributed by atoms with Crippen LogP contribution in [-0.4, -0.2) is 72.2 Å². The summed E-state index contributed by atoms with van der Waals surface area (Å²) >= 11 is -0.500. The first-order valence-corrected chi connectivity index (χ1v) is 4.33. The van der Waals surface area contributed by atoms with Crippen molar-refractivity contribution in [2.75, 3.05) is 14.2 Å². The Bertz CT molecular complexity index is 93.9. The quantitative estimate of drug-likeness (QED) is 0.464. The molecule has 0 spiro atoms. The van der Waals surface area contributed by atoms with E-state index >= 15 is 0 Å². The standard InChI is InChI=1S/2C3H7O2.Al.Na.2H2.H/c2*1-3(4)5-2;;;;;/h2*3H,1-2H3;;;2*1H;/q2*-1;+2;;;;. The minimum atomic E-state index is -0.500. The molecule has 0 fully saturated rings. The number of hydrogen-bond donors (Lipinski definition) is 0. The zero-order valence-corrected chi connectivity index (χ0v) is 8.52. The third-order valence-electron chi connectivity index (χ3n) is 1.16. The van der Waals surface area contributed by atoms with Crippen LogP contribution in [0.15, 0.2) is 0 Å². The van der Waals surface area contributed by atoms with Crippen LogP contribution in [0.25, 0.3) is 0 Å². The van der Waals surface area contributed by atoms with Crippen molar-refractivity contribution in [3.8, 4) is 0 Å². The van der Waals surface area contributed by atoms with Crippen LogP contribution in [0.3, 0.4) is 0 Å². The molecule has 0 aromatic rings. The van der Waals surface area contributed by atoms with Gasteiger partial charge >= 0.3 is 45.4 Å². The maximum absolute atomic E-state index is 5.12. The van der Waals surface area contributed by atoms with Gasteiger partial charge in [-0.2, -0.15) is 0 Å². The predicted molar refractivity (Wildman–Crippen MR) is 52.2 cm³/mol. The molecule has 0 saturated carbocycles. The first-order chi connectivity index (χ1) is 5.20. The molecule has 0 aromatic carbocycles. The van der Waals surface area contributed by atoms with Crippen LogP contribution in [-0.2, 0) is 17.1 Å². The molecule has 2 unspecified atom stereocenters. The van der Waals surface area contributed by atoms with Gasteiger partial charge in [0.25, 0.3) is 0 Å². The van der Waals surface area contributed by atoms with E-state index in [0.29, 0.717) is 0 Å². The van der Waals surface area contributed by atoms with Gasteiger partial charge in [0.05, 0.1) is 0 Å². The molecule has 0 aliphatic carbocycles. The SMILES string of the molecule is COC(C)[O][Al][O]C(C)OC.[HH].[HH].[NaH]. The molecule has 0 amide bonds. The van der Waals surface area contributed by atoms with Crippen LogP contribution in [0, 0.1) is 0 Å². The van der Waals surface area contributed by atoms with Gasteiger partial charge in [-0.15, -0.1) is 0 Å². The van der Waals surface area contributed by atoms with Gasteiger partial charge < -0.3 is 17.1 Å². The van der Waals surface area contributed by atoms with Crippen LogP contribution in [0.2, 0.25) is 0 Å². The summed E-state index contributed by atoms with van der Waals surface area (Å²) in [5.41, 5.74) is 0. The van der Waals surface area contributed by atoms with Crippen LogP contribution in [0.4, 0.5) is 0 Å². The number of hydrogen-bond acceptors (Lipinski definition) is 4. The molecule has 1 radical (unpaired) electrons. The van der Waals surface area contributed by atoms with Crippen molar-refractivity contribution in [3.05, 3.63) is 0 Å². The van der Waals surface area contributed by atoms with Crippen molar-refractivity contribution in [2.24, 2.45) is 0 Å². The summed E-state index contributed by atoms with van der Waals surface area (Å²) in [5, 5.41) is 0. The molecule has 0 bridgehead atoms. The average molecular weight is 205 g/mol. The normalized spacial score (nSPS) is 14.7. The van der Waals surface area contributed by atoms with Gasteiger partial charge in [-0.1, -0.05) is 0 Å². The first kappa shape index (κ1) is 15.8. The van der Waals surface area contributed by atoms with E-state index in [-0.39, 0.29) is 45.0 Å². The molecule has 0 saturated heterocycles. The summed E-state index contributed by atoms with van der Waals surface area (Å²) in [5.74, 6) is 0. The van der Waals surface area contributed by atoms with Gasteiger partial charge in [-0.3, -0.25) is 0 Å². The third kappa shape index (κ3) is 9.46. The van der Waals surface area contributed by atoms with Gasteiger partial charge in [-0.05, 0) is 13.8 Å². The van der Waals surface area contributed by atoms with Crippen LogP contribution in [0.5, 0.6) is 0 Å². The Hall–Kier alpha value is 1.37. The van der Waals surface area contributed by atoms with E-state index < -0.39 is 15.9 Å². The van der Waals surface area contributed by atoms with Gasteiger partial charge in [0.2, 0.25) is 0 Å². The van der Waals surface area contributed by atoms with Crippen molar-refractivity contribution >= 4 is 45.4 Å². The zero-order chi connectivity index (χ0) is 8.69. The summed E-state index contributed by atoms with van der Waals surface area (Å²) in [6.45, 7) is 3.63. The summed E-state index contributed by atoms with van der Waals surface area (Å²) in [4.78, 5) is 0. The second-order valence-electron chi connectivity index (χ2n) is 1.98. The number of rotatable bonds is 6. The molecule has 12 heavy (non-hydrogen) atoms. The molecular weight excluding hydrogens is 186 g/mol. The molecule has 0 aliphatic heterocycles. The van der Waals surface area contributed by atoms with Gasteiger partial charge in [0, 0.05) is 17.1 Å². The zero-order valence-electron chi connectivity index (χ0n) is 7.37. The molecule has 0 N–H and O–H groups in total. The van der Waals surface area contributed by atoms with Crippen molar-refractivity contribution in [3.63, 3.8) is 0 Å². The van der Waals surface area contributed by atoms with Gasteiger partial charge in [-0.25, -0.2) is 0 Å². The number of ether oxygens (including phenoxy) is 2. The summed E-state index contributed by atoms with van der Waals surface area (Å²) < 4.78 is 19.9. The monoisotopic (exact) mass is 205 g/mol. The topological polar surface area (TPSA) is 36.9 Å². The molecule has 2 atom stereocenters. The maximum atomic E-state index is 5.12. The Morgan fingerprint density at radius 1 is 1.00 bits per heavy atom. The molecular formula is C6H19AlNaO4. The van der Waals surface area contributed by atoms with E-state index in [1.54, 1.807) is 14.2 Å². The first-order valence-electron chi connectivity index (χ1n) is 3.39. The fourth-order valence-corrected chi connectivity index (χ4v) is 0.899. The van der Waals surface area contributed by atoms with Crippen molar-refractivity contribution in [2.45, 2.75) is 26.4 Å². The van der Waals surface area contributed by atoms with Crippen molar-refractivity contribution in [1.82, 2.24) is 0 Å². The molecule has 0 aromatic heterocycles. The van der Waals surface area contributed by atoms with E-state index in [0.717, 1.165) is 0 Å². The molecule has 0 aliphatic rings. The Morgan fingerprint density at radius 3 is 1.58 bits per heavy atom. The van der Waals surface area contributed by atoms with E-state index in [1.165, 1.54) is 0 Å². The van der Waals surface area contributed by atoms with Crippen molar-refractivity contribution in [1.29, 1.82) is 0 Å².